The van der Waals surface area contributed by atoms with Gasteiger partial charge in [0.15, 0.2) is 0 Å². The van der Waals surface area contributed by atoms with Crippen LogP contribution in [0.4, 0.5) is 4.79 Å². The fraction of sp³-hybridized carbons (Fsp3) is 0.448. The number of rotatable bonds is 10. The van der Waals surface area contributed by atoms with E-state index in [0.29, 0.717) is 18.4 Å². The van der Waals surface area contributed by atoms with Crippen molar-refractivity contribution in [2.45, 2.75) is 78.5 Å². The molecule has 0 saturated heterocycles. The molecule has 2 aromatic carbocycles. The van der Waals surface area contributed by atoms with Crippen LogP contribution < -0.4 is 11.1 Å². The molecule has 0 saturated carbocycles. The lowest BCUT2D eigenvalue weighted by Gasteiger charge is -2.32. The van der Waals surface area contributed by atoms with Crippen molar-refractivity contribution in [1.82, 2.24) is 10.2 Å². The summed E-state index contributed by atoms with van der Waals surface area (Å²) in [6, 6.07) is 10.5. The Kier molecular flexibility index (Phi) is 10.3. The molecular formula is C29H38N4O5. The first kappa shape index (κ1) is 30.2. The fourth-order valence-electron chi connectivity index (χ4n) is 4.19. The van der Waals surface area contributed by atoms with E-state index >= 15 is 0 Å². The van der Waals surface area contributed by atoms with Crippen molar-refractivity contribution < 1.29 is 24.2 Å². The third-order valence-electron chi connectivity index (χ3n) is 6.19. The van der Waals surface area contributed by atoms with Gasteiger partial charge in [-0.3, -0.25) is 9.59 Å². The first-order chi connectivity index (χ1) is 17.7. The molecule has 0 fully saturated rings. The lowest BCUT2D eigenvalue weighted by Crippen LogP contribution is -2.55. The second-order valence-corrected chi connectivity index (χ2v) is 10.5. The molecular weight excluding hydrogens is 484 g/mol. The lowest BCUT2D eigenvalue weighted by atomic mass is 9.95. The van der Waals surface area contributed by atoms with E-state index < -0.39 is 35.6 Å². The number of carbonyl (C=O) groups excluding carboxylic acids is 3. The summed E-state index contributed by atoms with van der Waals surface area (Å²) in [5, 5.41) is 21.6. The highest BCUT2D eigenvalue weighted by Crippen LogP contribution is 2.23. The summed E-state index contributed by atoms with van der Waals surface area (Å²) in [6.07, 6.45) is 0.523. The first-order valence-corrected chi connectivity index (χ1v) is 12.6. The van der Waals surface area contributed by atoms with Crippen molar-refractivity contribution in [3.8, 4) is 11.8 Å². The van der Waals surface area contributed by atoms with Crippen LogP contribution in [0.3, 0.4) is 0 Å². The number of benzene rings is 2. The van der Waals surface area contributed by atoms with Crippen molar-refractivity contribution in [3.63, 3.8) is 0 Å². The van der Waals surface area contributed by atoms with Crippen LogP contribution in [-0.4, -0.2) is 52.1 Å². The number of nitrogens with one attached hydrogen (secondary N) is 1. The number of nitriles is 1. The highest BCUT2D eigenvalue weighted by atomic mass is 16.6. The van der Waals surface area contributed by atoms with Crippen LogP contribution in [0, 0.1) is 25.2 Å². The number of aryl methyl sites for hydroxylation is 3. The highest BCUT2D eigenvalue weighted by molar-refractivity contribution is 5.91. The predicted octanol–water partition coefficient (Wildman–Crippen LogP) is 3.65. The number of nitrogens with two attached hydrogens (primary N) is 1. The van der Waals surface area contributed by atoms with Gasteiger partial charge in [-0.05, 0) is 101 Å². The van der Waals surface area contributed by atoms with E-state index in [1.54, 1.807) is 52.0 Å². The molecule has 0 aromatic heterocycles. The normalized spacial score (nSPS) is 12.7. The first-order valence-electron chi connectivity index (χ1n) is 12.6. The van der Waals surface area contributed by atoms with E-state index in [4.69, 9.17) is 15.7 Å². The summed E-state index contributed by atoms with van der Waals surface area (Å²) in [7, 11) is 0. The van der Waals surface area contributed by atoms with Crippen LogP contribution in [-0.2, 0) is 27.2 Å². The monoisotopic (exact) mass is 522 g/mol. The molecule has 4 N–H and O–H groups in total. The molecule has 0 aliphatic rings. The minimum absolute atomic E-state index is 0.110. The Morgan fingerprint density at radius 3 is 2.21 bits per heavy atom. The Labute approximate surface area is 224 Å². The van der Waals surface area contributed by atoms with E-state index in [1.165, 1.54) is 4.90 Å². The molecule has 0 radical (unpaired) electrons. The third kappa shape index (κ3) is 8.80. The number of nitrogens with zero attached hydrogens (tertiary/aromatic N) is 2. The average Bonchev–Trinajstić information content (AvgIpc) is 2.81. The SMILES string of the molecule is Cc1cc(O)cc(C)c1C[C@@H](NC(=O)OC(C)(C)C)C(=O)N(CCCc1ccc(C#N)cc1)[C@H](C)C(N)=O. The summed E-state index contributed by atoms with van der Waals surface area (Å²) in [5.74, 6) is -1.02. The lowest BCUT2D eigenvalue weighted by molar-refractivity contribution is -0.140. The minimum atomic E-state index is -1.04. The van der Waals surface area contributed by atoms with Gasteiger partial charge in [0.25, 0.3) is 0 Å². The van der Waals surface area contributed by atoms with E-state index in [0.717, 1.165) is 22.3 Å². The zero-order valence-electron chi connectivity index (χ0n) is 23.0. The van der Waals surface area contributed by atoms with Gasteiger partial charge in [0.2, 0.25) is 11.8 Å². The largest absolute Gasteiger partial charge is 0.508 e. The molecule has 2 rings (SSSR count). The van der Waals surface area contributed by atoms with Crippen molar-refractivity contribution in [3.05, 3.63) is 64.2 Å². The molecule has 0 spiro atoms. The smallest absolute Gasteiger partial charge is 0.408 e. The number of alkyl carbamates (subject to hydrolysis) is 1. The van der Waals surface area contributed by atoms with E-state index in [9.17, 15) is 19.5 Å². The fourth-order valence-corrected chi connectivity index (χ4v) is 4.19. The number of amides is 3. The second-order valence-electron chi connectivity index (χ2n) is 10.5. The number of phenols is 1. The maximum atomic E-state index is 13.9. The molecule has 204 valence electrons. The predicted molar refractivity (Wildman–Crippen MR) is 144 cm³/mol. The summed E-state index contributed by atoms with van der Waals surface area (Å²) in [6.45, 7) is 10.6. The molecule has 2 atom stereocenters. The van der Waals surface area contributed by atoms with E-state index in [1.807, 2.05) is 26.0 Å². The number of carbonyl (C=O) groups is 3. The van der Waals surface area contributed by atoms with Crippen molar-refractivity contribution in [1.29, 1.82) is 5.26 Å². The molecule has 9 nitrogen and oxygen atoms in total. The molecule has 0 aliphatic carbocycles. The molecule has 3 amide bonds. The average molecular weight is 523 g/mol. The summed E-state index contributed by atoms with van der Waals surface area (Å²) in [5.41, 5.74) is 8.68. The molecule has 2 aromatic rings. The Bertz CT molecular complexity index is 1170. The Hall–Kier alpha value is -4.06. The number of phenolic OH excluding ortho intramolecular Hbond substituents is 1. The van der Waals surface area contributed by atoms with Crippen molar-refractivity contribution in [2.75, 3.05) is 6.54 Å². The highest BCUT2D eigenvalue weighted by Gasteiger charge is 2.33. The number of aromatic hydroxyl groups is 1. The van der Waals surface area contributed by atoms with Crippen LogP contribution in [0.2, 0.25) is 0 Å². The molecule has 0 heterocycles. The Morgan fingerprint density at radius 2 is 1.71 bits per heavy atom. The maximum Gasteiger partial charge on any atom is 0.408 e. The van der Waals surface area contributed by atoms with Gasteiger partial charge in [0, 0.05) is 13.0 Å². The number of hydrogen-bond donors (Lipinski definition) is 3. The number of primary amides is 1. The van der Waals surface area contributed by atoms with Crippen LogP contribution >= 0.6 is 0 Å². The molecule has 0 bridgehead atoms. The minimum Gasteiger partial charge on any atom is -0.508 e. The van der Waals surface area contributed by atoms with Gasteiger partial charge in [-0.15, -0.1) is 0 Å². The van der Waals surface area contributed by atoms with Crippen molar-refractivity contribution in [2.24, 2.45) is 5.73 Å². The number of ether oxygens (including phenoxy) is 1. The van der Waals surface area contributed by atoms with Gasteiger partial charge in [-0.25, -0.2) is 4.79 Å². The van der Waals surface area contributed by atoms with E-state index in [2.05, 4.69) is 11.4 Å². The molecule has 9 heteroatoms. The Morgan fingerprint density at radius 1 is 1.13 bits per heavy atom. The summed E-state index contributed by atoms with van der Waals surface area (Å²) in [4.78, 5) is 40.1. The standard InChI is InChI=1S/C29H38N4O5/c1-18-14-23(34)15-19(2)24(18)16-25(32-28(37)38-29(4,5)6)27(36)33(20(3)26(31)35)13-7-8-21-9-11-22(17-30)12-10-21/h9-12,14-15,20,25,34H,7-8,13,16H2,1-6H3,(H2,31,35)(H,32,37)/t20-,25-/m1/s1. The zero-order valence-corrected chi connectivity index (χ0v) is 23.0. The molecule has 0 unspecified atom stereocenters. The third-order valence-corrected chi connectivity index (χ3v) is 6.19. The topological polar surface area (TPSA) is 146 Å². The van der Waals surface area contributed by atoms with E-state index in [-0.39, 0.29) is 18.7 Å². The number of hydrogen-bond acceptors (Lipinski definition) is 6. The van der Waals surface area contributed by atoms with Crippen LogP contribution in [0.25, 0.3) is 0 Å². The van der Waals surface area contributed by atoms with Crippen LogP contribution in [0.15, 0.2) is 36.4 Å². The van der Waals surface area contributed by atoms with Gasteiger partial charge in [0.05, 0.1) is 11.6 Å². The van der Waals surface area contributed by atoms with Gasteiger partial charge in [-0.2, -0.15) is 5.26 Å². The quantitative estimate of drug-likeness (QED) is 0.434. The molecule has 38 heavy (non-hydrogen) atoms. The van der Waals surface area contributed by atoms with Crippen molar-refractivity contribution >= 4 is 17.9 Å². The summed E-state index contributed by atoms with van der Waals surface area (Å²) >= 11 is 0. The maximum absolute atomic E-state index is 13.9. The van der Waals surface area contributed by atoms with Crippen LogP contribution in [0.1, 0.15) is 61.9 Å². The summed E-state index contributed by atoms with van der Waals surface area (Å²) < 4.78 is 5.41. The van der Waals surface area contributed by atoms with Gasteiger partial charge >= 0.3 is 6.09 Å². The zero-order chi connectivity index (χ0) is 28.6. The van der Waals surface area contributed by atoms with Gasteiger partial charge < -0.3 is 25.8 Å². The second kappa shape index (κ2) is 13.0. The van der Waals surface area contributed by atoms with Gasteiger partial charge in [0.1, 0.15) is 23.4 Å². The molecule has 0 aliphatic heterocycles. The van der Waals surface area contributed by atoms with Gasteiger partial charge in [-0.1, -0.05) is 12.1 Å². The Balaban J connectivity index is 2.33. The van der Waals surface area contributed by atoms with Crippen LogP contribution in [0.5, 0.6) is 5.75 Å².